The van der Waals surface area contributed by atoms with E-state index in [1.54, 1.807) is 36.7 Å². The lowest BCUT2D eigenvalue weighted by Crippen LogP contribution is -2.47. The fourth-order valence-corrected chi connectivity index (χ4v) is 3.95. The van der Waals surface area contributed by atoms with E-state index in [1.807, 2.05) is 0 Å². The molecule has 0 atom stereocenters. The Bertz CT molecular complexity index is 748. The van der Waals surface area contributed by atoms with Gasteiger partial charge >= 0.3 is 20.3 Å². The van der Waals surface area contributed by atoms with E-state index in [4.69, 9.17) is 19.6 Å². The molecule has 0 unspecified atom stereocenters. The van der Waals surface area contributed by atoms with E-state index >= 15 is 0 Å². The highest BCUT2D eigenvalue weighted by Crippen LogP contribution is 2.67. The average molecular weight is 361 g/mol. The first-order valence-electron chi connectivity index (χ1n) is 6.28. The summed E-state index contributed by atoms with van der Waals surface area (Å²) in [5, 5.41) is 6.39. The van der Waals surface area contributed by atoms with Gasteiger partial charge in [0.15, 0.2) is 12.4 Å². The summed E-state index contributed by atoms with van der Waals surface area (Å²) < 4.78 is 23.7. The van der Waals surface area contributed by atoms with Crippen molar-refractivity contribution in [3.8, 4) is 11.1 Å². The Balaban J connectivity index is 2.33. The Morgan fingerprint density at radius 3 is 1.78 bits per heavy atom. The van der Waals surface area contributed by atoms with Crippen LogP contribution in [0.25, 0.3) is 11.1 Å². The van der Waals surface area contributed by atoms with Crippen LogP contribution in [0.3, 0.4) is 0 Å². The van der Waals surface area contributed by atoms with Gasteiger partial charge in [-0.05, 0) is 23.3 Å². The van der Waals surface area contributed by atoms with Crippen molar-refractivity contribution in [2.45, 2.75) is 11.6 Å². The first-order chi connectivity index (χ1) is 10.5. The van der Waals surface area contributed by atoms with E-state index < -0.39 is 26.8 Å². The lowest BCUT2D eigenvalue weighted by Gasteiger charge is -2.26. The Labute approximate surface area is 131 Å². The molecule has 2 aromatic heterocycles. The van der Waals surface area contributed by atoms with Crippen molar-refractivity contribution in [1.82, 2.24) is 4.98 Å². The second-order valence-corrected chi connectivity index (χ2v) is 8.87. The minimum absolute atomic E-state index is 0.763. The van der Waals surface area contributed by atoms with E-state index in [0.29, 0.717) is 0 Å². The standard InChI is InChI=1S/C12H14N2O7P2/c15-12(22(16,17)18,23(19,20)21)9-14-7-3-11(4-8-14)10-1-5-13-6-2-10/h1-8,15H,9H2,(H3-,16,17,18,19,20,21)/p+1. The molecule has 2 aromatic rings. The molecule has 0 aromatic carbocycles. The monoisotopic (exact) mass is 361 g/mol. The maximum absolute atomic E-state index is 11.3. The average Bonchev–Trinajstić information content (AvgIpc) is 2.46. The molecule has 0 aliphatic carbocycles. The topological polar surface area (TPSA) is 152 Å². The molecular weight excluding hydrogens is 346 g/mol. The number of aromatic nitrogens is 2. The Kier molecular flexibility index (Phi) is 4.84. The SMILES string of the molecule is O=P(O)(O)C(O)(C[n+]1ccc(-c2ccncc2)cc1)P(=O)(O)O. The summed E-state index contributed by atoms with van der Waals surface area (Å²) in [6.07, 6.45) is 5.89. The number of hydrogen-bond donors (Lipinski definition) is 5. The predicted octanol–water partition coefficient (Wildman–Crippen LogP) is 0.0376. The van der Waals surface area contributed by atoms with Gasteiger partial charge in [-0.15, -0.1) is 0 Å². The van der Waals surface area contributed by atoms with Gasteiger partial charge in [-0.2, -0.15) is 0 Å². The molecule has 0 radical (unpaired) electrons. The van der Waals surface area contributed by atoms with Crippen molar-refractivity contribution < 1.29 is 38.4 Å². The summed E-state index contributed by atoms with van der Waals surface area (Å²) in [5.41, 5.74) is 1.60. The minimum Gasteiger partial charge on any atom is -0.363 e. The molecule has 0 saturated carbocycles. The Morgan fingerprint density at radius 2 is 1.35 bits per heavy atom. The molecule has 0 aliphatic rings. The summed E-state index contributed by atoms with van der Waals surface area (Å²) >= 11 is 0. The van der Waals surface area contributed by atoms with Crippen LogP contribution >= 0.6 is 15.2 Å². The summed E-state index contributed by atoms with van der Waals surface area (Å²) in [4.78, 5) is 40.3. The van der Waals surface area contributed by atoms with Crippen LogP contribution in [0, 0.1) is 0 Å². The number of nitrogens with zero attached hydrogens (tertiary/aromatic N) is 2. The van der Waals surface area contributed by atoms with Gasteiger partial charge in [0.2, 0.25) is 6.54 Å². The molecule has 2 heterocycles. The van der Waals surface area contributed by atoms with E-state index in [0.717, 1.165) is 15.7 Å². The second-order valence-electron chi connectivity index (χ2n) is 4.86. The van der Waals surface area contributed by atoms with Crippen LogP contribution in [-0.4, -0.2) is 34.7 Å². The molecule has 124 valence electrons. The van der Waals surface area contributed by atoms with Crippen molar-refractivity contribution in [3.63, 3.8) is 0 Å². The lowest BCUT2D eigenvalue weighted by molar-refractivity contribution is -0.703. The number of hydrogen-bond acceptors (Lipinski definition) is 4. The van der Waals surface area contributed by atoms with Gasteiger partial charge in [0.25, 0.3) is 0 Å². The highest BCUT2D eigenvalue weighted by atomic mass is 31.2. The van der Waals surface area contributed by atoms with E-state index in [9.17, 15) is 14.2 Å². The van der Waals surface area contributed by atoms with Gasteiger partial charge in [0.1, 0.15) is 0 Å². The van der Waals surface area contributed by atoms with Gasteiger partial charge in [0.05, 0.1) is 0 Å². The van der Waals surface area contributed by atoms with Crippen LogP contribution < -0.4 is 4.57 Å². The molecule has 0 spiro atoms. The summed E-state index contributed by atoms with van der Waals surface area (Å²) in [5.74, 6) is 0. The molecule has 2 rings (SSSR count). The highest BCUT2D eigenvalue weighted by Gasteiger charge is 2.62. The van der Waals surface area contributed by atoms with Crippen molar-refractivity contribution in [3.05, 3.63) is 49.1 Å². The fourth-order valence-electron chi connectivity index (χ4n) is 1.90. The first-order valence-corrected chi connectivity index (χ1v) is 9.50. The van der Waals surface area contributed by atoms with Crippen molar-refractivity contribution in [2.75, 3.05) is 0 Å². The third-order valence-electron chi connectivity index (χ3n) is 3.23. The maximum Gasteiger partial charge on any atom is 0.376 e. The van der Waals surface area contributed by atoms with E-state index in [2.05, 4.69) is 4.98 Å². The van der Waals surface area contributed by atoms with Crippen molar-refractivity contribution in [1.29, 1.82) is 0 Å². The van der Waals surface area contributed by atoms with Crippen LogP contribution in [0.5, 0.6) is 0 Å². The molecule has 9 nitrogen and oxygen atoms in total. The third kappa shape index (κ3) is 3.73. The molecule has 23 heavy (non-hydrogen) atoms. The quantitative estimate of drug-likeness (QED) is 0.370. The maximum atomic E-state index is 11.3. The zero-order chi connectivity index (χ0) is 17.3. The largest absolute Gasteiger partial charge is 0.376 e. The van der Waals surface area contributed by atoms with Crippen molar-refractivity contribution >= 4 is 15.2 Å². The molecule has 0 aliphatic heterocycles. The molecule has 11 heteroatoms. The van der Waals surface area contributed by atoms with Gasteiger partial charge in [-0.3, -0.25) is 14.1 Å². The first kappa shape index (κ1) is 17.9. The molecule has 0 saturated heterocycles. The number of rotatable bonds is 5. The van der Waals surface area contributed by atoms with Crippen molar-refractivity contribution in [2.24, 2.45) is 0 Å². The molecular formula is C12H15N2O7P2+. The zero-order valence-electron chi connectivity index (χ0n) is 11.7. The van der Waals surface area contributed by atoms with Gasteiger partial charge in [0, 0.05) is 24.5 Å². The summed E-state index contributed by atoms with van der Waals surface area (Å²) in [6, 6.07) is 6.66. The Morgan fingerprint density at radius 1 is 0.913 bits per heavy atom. The smallest absolute Gasteiger partial charge is 0.363 e. The number of pyridine rings is 2. The Hall–Kier alpha value is -1.44. The third-order valence-corrected chi connectivity index (χ3v) is 6.94. The minimum atomic E-state index is -5.48. The van der Waals surface area contributed by atoms with Crippen LogP contribution in [-0.2, 0) is 15.7 Å². The predicted molar refractivity (Wildman–Crippen MR) is 78.9 cm³/mol. The van der Waals surface area contributed by atoms with Crippen LogP contribution in [0.2, 0.25) is 0 Å². The molecule has 0 amide bonds. The normalized spacial score (nSPS) is 13.1. The van der Waals surface area contributed by atoms with Crippen LogP contribution in [0.15, 0.2) is 49.1 Å². The second kappa shape index (κ2) is 6.22. The van der Waals surface area contributed by atoms with Gasteiger partial charge in [-0.25, -0.2) is 4.57 Å². The molecule has 5 N–H and O–H groups in total. The fraction of sp³-hybridized carbons (Fsp3) is 0.167. The van der Waals surface area contributed by atoms with E-state index in [-0.39, 0.29) is 0 Å². The van der Waals surface area contributed by atoms with Crippen LogP contribution in [0.4, 0.5) is 0 Å². The zero-order valence-corrected chi connectivity index (χ0v) is 13.5. The van der Waals surface area contributed by atoms with E-state index in [1.165, 1.54) is 12.4 Å². The van der Waals surface area contributed by atoms with Gasteiger partial charge in [-0.1, -0.05) is 0 Å². The molecule has 0 bridgehead atoms. The lowest BCUT2D eigenvalue weighted by atomic mass is 10.1. The molecule has 0 fully saturated rings. The van der Waals surface area contributed by atoms with Gasteiger partial charge < -0.3 is 24.7 Å². The number of aliphatic hydroxyl groups is 1. The summed E-state index contributed by atoms with van der Waals surface area (Å²) in [6.45, 7) is -0.960. The summed E-state index contributed by atoms with van der Waals surface area (Å²) in [7, 11) is -11.0. The highest BCUT2D eigenvalue weighted by molar-refractivity contribution is 7.72. The van der Waals surface area contributed by atoms with Crippen LogP contribution in [0.1, 0.15) is 0 Å².